The number of esters is 1. The summed E-state index contributed by atoms with van der Waals surface area (Å²) in [6, 6.07) is 15.6. The summed E-state index contributed by atoms with van der Waals surface area (Å²) in [6.07, 6.45) is 5.17. The van der Waals surface area contributed by atoms with Crippen molar-refractivity contribution < 1.29 is 19.1 Å². The quantitative estimate of drug-likeness (QED) is 0.596. The lowest BCUT2D eigenvalue weighted by Crippen LogP contribution is -2.45. The molecule has 2 aromatic carbocycles. The Bertz CT molecular complexity index is 970. The molecule has 0 radical (unpaired) electrons. The molecular formula is C25H28N2O4. The minimum absolute atomic E-state index is 0.0226. The second kappa shape index (κ2) is 10.2. The Kier molecular flexibility index (Phi) is 7.36. The second-order valence-corrected chi connectivity index (χ2v) is 7.54. The molecule has 0 aromatic heterocycles. The molecule has 0 fully saturated rings. The maximum atomic E-state index is 13.5. The lowest BCUT2D eigenvalue weighted by Gasteiger charge is -2.32. The fourth-order valence-corrected chi connectivity index (χ4v) is 3.85. The average molecular weight is 421 g/mol. The SMILES string of the molecule is COC(=O)CC(c1ccc(C)c(OC)c1)C1(C(=O)CNCc2ccccc2)C=CC=N1. The van der Waals surface area contributed by atoms with Gasteiger partial charge < -0.3 is 14.8 Å². The molecule has 31 heavy (non-hydrogen) atoms. The monoisotopic (exact) mass is 420 g/mol. The number of ketones is 1. The third-order valence-corrected chi connectivity index (χ3v) is 5.59. The van der Waals surface area contributed by atoms with E-state index < -0.39 is 17.4 Å². The van der Waals surface area contributed by atoms with Gasteiger partial charge in [-0.1, -0.05) is 42.5 Å². The largest absolute Gasteiger partial charge is 0.496 e. The van der Waals surface area contributed by atoms with Gasteiger partial charge in [-0.3, -0.25) is 14.6 Å². The third kappa shape index (κ3) is 5.09. The van der Waals surface area contributed by atoms with Gasteiger partial charge in [0.2, 0.25) is 0 Å². The molecule has 0 saturated heterocycles. The molecule has 1 aliphatic heterocycles. The predicted molar refractivity (Wildman–Crippen MR) is 121 cm³/mol. The maximum absolute atomic E-state index is 13.5. The molecule has 0 bridgehead atoms. The fraction of sp³-hybridized carbons (Fsp3) is 0.320. The van der Waals surface area contributed by atoms with Crippen LogP contribution in [-0.2, 0) is 20.9 Å². The van der Waals surface area contributed by atoms with E-state index >= 15 is 0 Å². The van der Waals surface area contributed by atoms with Crippen molar-refractivity contribution in [2.24, 2.45) is 4.99 Å². The van der Waals surface area contributed by atoms with Crippen molar-refractivity contribution >= 4 is 18.0 Å². The van der Waals surface area contributed by atoms with E-state index in [2.05, 4.69) is 10.3 Å². The van der Waals surface area contributed by atoms with Crippen LogP contribution in [0.2, 0.25) is 0 Å². The van der Waals surface area contributed by atoms with E-state index in [1.165, 1.54) is 7.11 Å². The molecule has 0 spiro atoms. The van der Waals surface area contributed by atoms with Crippen LogP contribution in [0.25, 0.3) is 0 Å². The van der Waals surface area contributed by atoms with Gasteiger partial charge in [0.15, 0.2) is 5.78 Å². The van der Waals surface area contributed by atoms with E-state index in [9.17, 15) is 9.59 Å². The van der Waals surface area contributed by atoms with E-state index in [1.807, 2.05) is 55.5 Å². The average Bonchev–Trinajstić information content (AvgIpc) is 3.29. The summed E-state index contributed by atoms with van der Waals surface area (Å²) in [7, 11) is 2.95. The van der Waals surface area contributed by atoms with Gasteiger partial charge in [-0.2, -0.15) is 0 Å². The highest BCUT2D eigenvalue weighted by atomic mass is 16.5. The first-order chi connectivity index (χ1) is 15.0. The molecule has 1 heterocycles. The van der Waals surface area contributed by atoms with Crippen LogP contribution < -0.4 is 10.1 Å². The molecule has 0 saturated carbocycles. The van der Waals surface area contributed by atoms with E-state index in [0.717, 1.165) is 16.7 Å². The Morgan fingerprint density at radius 2 is 1.90 bits per heavy atom. The molecule has 6 heteroatoms. The molecule has 2 unspecified atom stereocenters. The first kappa shape index (κ1) is 22.4. The topological polar surface area (TPSA) is 77.0 Å². The number of carbonyl (C=O) groups excluding carboxylic acids is 2. The second-order valence-electron chi connectivity index (χ2n) is 7.54. The van der Waals surface area contributed by atoms with E-state index in [-0.39, 0.29) is 18.7 Å². The molecule has 2 atom stereocenters. The minimum Gasteiger partial charge on any atom is -0.496 e. The number of hydrogen-bond acceptors (Lipinski definition) is 6. The highest BCUT2D eigenvalue weighted by molar-refractivity contribution is 5.99. The van der Waals surface area contributed by atoms with Crippen LogP contribution in [0.1, 0.15) is 29.0 Å². The fourth-order valence-electron chi connectivity index (χ4n) is 3.85. The number of allylic oxidation sites excluding steroid dienone is 1. The Morgan fingerprint density at radius 1 is 1.13 bits per heavy atom. The minimum atomic E-state index is -1.18. The van der Waals surface area contributed by atoms with Crippen molar-refractivity contribution in [3.05, 3.63) is 77.4 Å². The molecule has 162 valence electrons. The Balaban J connectivity index is 1.89. The van der Waals surface area contributed by atoms with Crippen LogP contribution in [0.5, 0.6) is 5.75 Å². The van der Waals surface area contributed by atoms with Crippen molar-refractivity contribution in [1.29, 1.82) is 0 Å². The van der Waals surface area contributed by atoms with Crippen molar-refractivity contribution in [3.63, 3.8) is 0 Å². The first-order valence-corrected chi connectivity index (χ1v) is 10.2. The molecule has 0 aliphatic carbocycles. The summed E-state index contributed by atoms with van der Waals surface area (Å²) in [4.78, 5) is 30.3. The van der Waals surface area contributed by atoms with Crippen LogP contribution in [-0.4, -0.2) is 44.3 Å². The first-order valence-electron chi connectivity index (χ1n) is 10.2. The smallest absolute Gasteiger partial charge is 0.306 e. The standard InChI is InChI=1S/C25H28N2O4/c1-18-10-11-20(14-22(18)30-2)21(15-24(29)31-3)25(12-7-13-27-25)23(28)17-26-16-19-8-5-4-6-9-19/h4-14,21,26H,15-17H2,1-3H3. The van der Waals surface area contributed by atoms with Crippen LogP contribution in [0.15, 0.2) is 65.7 Å². The molecule has 1 aliphatic rings. The summed E-state index contributed by atoms with van der Waals surface area (Å²) >= 11 is 0. The normalized spacial score (nSPS) is 18.0. The van der Waals surface area contributed by atoms with Crippen LogP contribution in [0, 0.1) is 6.92 Å². The van der Waals surface area contributed by atoms with Crippen molar-refractivity contribution in [2.45, 2.75) is 31.3 Å². The zero-order valence-electron chi connectivity index (χ0n) is 18.1. The highest BCUT2D eigenvalue weighted by Crippen LogP contribution is 2.40. The Morgan fingerprint density at radius 3 is 2.55 bits per heavy atom. The van der Waals surface area contributed by atoms with Crippen LogP contribution in [0.4, 0.5) is 0 Å². The van der Waals surface area contributed by atoms with Gasteiger partial charge in [0.05, 0.1) is 27.2 Å². The molecule has 3 rings (SSSR count). The number of aliphatic imine (C=N–C) groups is 1. The number of carbonyl (C=O) groups is 2. The number of rotatable bonds is 10. The number of nitrogens with zero attached hydrogens (tertiary/aromatic N) is 1. The molecule has 0 amide bonds. The van der Waals surface area contributed by atoms with E-state index in [0.29, 0.717) is 12.3 Å². The van der Waals surface area contributed by atoms with Crippen molar-refractivity contribution in [3.8, 4) is 5.75 Å². The van der Waals surface area contributed by atoms with Gasteiger partial charge in [-0.25, -0.2) is 0 Å². The third-order valence-electron chi connectivity index (χ3n) is 5.59. The summed E-state index contributed by atoms with van der Waals surface area (Å²) in [5.74, 6) is -0.329. The number of Topliss-reactive ketones (excluding diaryl/α,β-unsaturated/α-hetero) is 1. The van der Waals surface area contributed by atoms with Gasteiger partial charge in [0.25, 0.3) is 0 Å². The summed E-state index contributed by atoms with van der Waals surface area (Å²) in [5, 5.41) is 3.21. The van der Waals surface area contributed by atoms with Crippen LogP contribution in [0.3, 0.4) is 0 Å². The van der Waals surface area contributed by atoms with Gasteiger partial charge in [-0.15, -0.1) is 0 Å². The summed E-state index contributed by atoms with van der Waals surface area (Å²) in [6.45, 7) is 2.63. The van der Waals surface area contributed by atoms with Gasteiger partial charge >= 0.3 is 5.97 Å². The Labute approximate surface area is 183 Å². The lowest BCUT2D eigenvalue weighted by molar-refractivity contribution is -0.141. The summed E-state index contributed by atoms with van der Waals surface area (Å²) in [5.41, 5.74) is 1.67. The van der Waals surface area contributed by atoms with Crippen molar-refractivity contribution in [1.82, 2.24) is 5.32 Å². The number of methoxy groups -OCH3 is 2. The van der Waals surface area contributed by atoms with Gasteiger partial charge in [0, 0.05) is 18.7 Å². The van der Waals surface area contributed by atoms with Crippen LogP contribution >= 0.6 is 0 Å². The van der Waals surface area contributed by atoms with E-state index in [1.54, 1.807) is 25.5 Å². The van der Waals surface area contributed by atoms with Gasteiger partial charge in [-0.05, 0) is 41.8 Å². The molecule has 6 nitrogen and oxygen atoms in total. The van der Waals surface area contributed by atoms with Crippen molar-refractivity contribution in [2.75, 3.05) is 20.8 Å². The number of nitrogens with one attached hydrogen (secondary N) is 1. The number of ether oxygens (including phenoxy) is 2. The highest BCUT2D eigenvalue weighted by Gasteiger charge is 2.45. The van der Waals surface area contributed by atoms with Gasteiger partial charge in [0.1, 0.15) is 11.3 Å². The number of hydrogen-bond donors (Lipinski definition) is 1. The number of aryl methyl sites for hydroxylation is 1. The lowest BCUT2D eigenvalue weighted by atomic mass is 9.74. The zero-order valence-corrected chi connectivity index (χ0v) is 18.1. The summed E-state index contributed by atoms with van der Waals surface area (Å²) < 4.78 is 10.4. The predicted octanol–water partition coefficient (Wildman–Crippen LogP) is 3.39. The molecule has 2 aromatic rings. The Hall–Kier alpha value is -3.25. The molecular weight excluding hydrogens is 392 g/mol. The molecule has 1 N–H and O–H groups in total. The number of benzene rings is 2. The zero-order chi connectivity index (χ0) is 22.3. The van der Waals surface area contributed by atoms with E-state index in [4.69, 9.17) is 9.47 Å². The maximum Gasteiger partial charge on any atom is 0.306 e.